The molecule has 0 aliphatic rings. The van der Waals surface area contributed by atoms with Gasteiger partial charge in [-0.05, 0) is 15.9 Å². The first kappa shape index (κ1) is 16.2. The van der Waals surface area contributed by atoms with Crippen LogP contribution in [0.5, 0.6) is 5.75 Å². The maximum absolute atomic E-state index is 10.7. The van der Waals surface area contributed by atoms with Crippen molar-refractivity contribution in [2.45, 2.75) is 0 Å². The average Bonchev–Trinajstić information content (AvgIpc) is 2.40. The van der Waals surface area contributed by atoms with Crippen LogP contribution in [-0.4, -0.2) is 27.2 Å². The zero-order chi connectivity index (χ0) is 15.1. The second-order valence-corrected chi connectivity index (χ2v) is 5.30. The van der Waals surface area contributed by atoms with Crippen LogP contribution in [0, 0.1) is 10.1 Å². The fourth-order valence-electron chi connectivity index (χ4n) is 1.13. The van der Waals surface area contributed by atoms with Crippen LogP contribution in [0.1, 0.15) is 5.56 Å². The largest absolute Gasteiger partial charge is 0.506 e. The molecular formula is C11H11BrN4O3S. The molecule has 9 heteroatoms. The number of nitrogens with zero attached hydrogens (tertiary/aromatic N) is 3. The highest BCUT2D eigenvalue weighted by molar-refractivity contribution is 9.10. The molecule has 3 N–H and O–H groups in total. The fourth-order valence-corrected chi connectivity index (χ4v) is 1.99. The summed E-state index contributed by atoms with van der Waals surface area (Å²) in [6.07, 6.45) is 2.86. The zero-order valence-electron chi connectivity index (χ0n) is 10.2. The molecule has 0 saturated carbocycles. The fraction of sp³-hybridized carbons (Fsp3) is 0.0909. The van der Waals surface area contributed by atoms with Crippen molar-refractivity contribution in [1.29, 1.82) is 0 Å². The number of hydrogen-bond acceptors (Lipinski definition) is 6. The molecule has 0 amide bonds. The van der Waals surface area contributed by atoms with Gasteiger partial charge >= 0.3 is 0 Å². The SMILES string of the molecule is C=CCS/C(N)=N/N=C/c1cc([N+](=O)[O-])cc(Br)c1O. The summed E-state index contributed by atoms with van der Waals surface area (Å²) >= 11 is 4.27. The van der Waals surface area contributed by atoms with Crippen LogP contribution in [0.2, 0.25) is 0 Å². The van der Waals surface area contributed by atoms with Gasteiger partial charge in [0, 0.05) is 23.4 Å². The van der Waals surface area contributed by atoms with Crippen molar-refractivity contribution >= 4 is 44.8 Å². The van der Waals surface area contributed by atoms with E-state index in [1.807, 2.05) is 0 Å². The summed E-state index contributed by atoms with van der Waals surface area (Å²) in [6, 6.07) is 2.39. The number of aromatic hydroxyl groups is 1. The number of nitro groups is 1. The Labute approximate surface area is 127 Å². The van der Waals surface area contributed by atoms with E-state index in [1.54, 1.807) is 6.08 Å². The lowest BCUT2D eigenvalue weighted by molar-refractivity contribution is -0.385. The third-order valence-corrected chi connectivity index (χ3v) is 3.37. The number of benzene rings is 1. The topological polar surface area (TPSA) is 114 Å². The maximum atomic E-state index is 10.7. The number of non-ortho nitro benzene ring substituents is 1. The molecular weight excluding hydrogens is 348 g/mol. The second-order valence-electron chi connectivity index (χ2n) is 3.41. The summed E-state index contributed by atoms with van der Waals surface area (Å²) in [5.74, 6) is 0.435. The van der Waals surface area contributed by atoms with E-state index >= 15 is 0 Å². The summed E-state index contributed by atoms with van der Waals surface area (Å²) in [7, 11) is 0. The molecule has 20 heavy (non-hydrogen) atoms. The van der Waals surface area contributed by atoms with Crippen molar-refractivity contribution < 1.29 is 10.0 Å². The van der Waals surface area contributed by atoms with Gasteiger partial charge in [-0.3, -0.25) is 10.1 Å². The van der Waals surface area contributed by atoms with Gasteiger partial charge in [0.15, 0.2) is 5.17 Å². The first-order chi connectivity index (χ1) is 9.45. The first-order valence-corrected chi connectivity index (χ1v) is 7.00. The Balaban J connectivity index is 2.96. The summed E-state index contributed by atoms with van der Waals surface area (Å²) in [6.45, 7) is 3.54. The summed E-state index contributed by atoms with van der Waals surface area (Å²) in [5.41, 5.74) is 5.53. The van der Waals surface area contributed by atoms with Gasteiger partial charge in [-0.15, -0.1) is 11.7 Å². The minimum atomic E-state index is -0.570. The third kappa shape index (κ3) is 4.67. The van der Waals surface area contributed by atoms with E-state index in [1.165, 1.54) is 30.1 Å². The molecule has 7 nitrogen and oxygen atoms in total. The number of phenols is 1. The molecule has 0 aliphatic carbocycles. The smallest absolute Gasteiger partial charge is 0.271 e. The molecule has 1 rings (SSSR count). The predicted molar refractivity (Wildman–Crippen MR) is 84.3 cm³/mol. The van der Waals surface area contributed by atoms with E-state index in [9.17, 15) is 15.2 Å². The van der Waals surface area contributed by atoms with Crippen molar-refractivity contribution in [3.63, 3.8) is 0 Å². The highest BCUT2D eigenvalue weighted by Crippen LogP contribution is 2.31. The van der Waals surface area contributed by atoms with Gasteiger partial charge in [-0.1, -0.05) is 17.8 Å². The van der Waals surface area contributed by atoms with E-state index in [0.29, 0.717) is 5.75 Å². The maximum Gasteiger partial charge on any atom is 0.271 e. The molecule has 1 aromatic rings. The molecule has 0 aliphatic heterocycles. The number of halogens is 1. The van der Waals surface area contributed by atoms with Gasteiger partial charge in [0.05, 0.1) is 15.6 Å². The lowest BCUT2D eigenvalue weighted by atomic mass is 10.2. The van der Waals surface area contributed by atoms with Gasteiger partial charge in [-0.25, -0.2) is 0 Å². The third-order valence-electron chi connectivity index (χ3n) is 1.99. The molecule has 0 spiro atoms. The Morgan fingerprint density at radius 3 is 2.95 bits per heavy atom. The van der Waals surface area contributed by atoms with E-state index in [-0.39, 0.29) is 26.6 Å². The van der Waals surface area contributed by atoms with Crippen molar-refractivity contribution in [2.24, 2.45) is 15.9 Å². The molecule has 0 unspecified atom stereocenters. The zero-order valence-corrected chi connectivity index (χ0v) is 12.6. The Morgan fingerprint density at radius 1 is 1.65 bits per heavy atom. The summed E-state index contributed by atoms with van der Waals surface area (Å²) < 4.78 is 0.200. The van der Waals surface area contributed by atoms with Crippen molar-refractivity contribution in [2.75, 3.05) is 5.75 Å². The van der Waals surface area contributed by atoms with Crippen LogP contribution in [0.3, 0.4) is 0 Å². The molecule has 0 atom stereocenters. The minimum Gasteiger partial charge on any atom is -0.506 e. The van der Waals surface area contributed by atoms with Gasteiger partial charge < -0.3 is 10.8 Å². The van der Waals surface area contributed by atoms with Crippen LogP contribution in [0.15, 0.2) is 39.5 Å². The number of nitrogens with two attached hydrogens (primary N) is 1. The second kappa shape index (κ2) is 7.65. The van der Waals surface area contributed by atoms with Crippen LogP contribution >= 0.6 is 27.7 Å². The molecule has 0 heterocycles. The van der Waals surface area contributed by atoms with Crippen molar-refractivity contribution in [3.05, 3.63) is 44.9 Å². The van der Waals surface area contributed by atoms with Crippen molar-refractivity contribution in [1.82, 2.24) is 0 Å². The van der Waals surface area contributed by atoms with Crippen LogP contribution in [-0.2, 0) is 0 Å². The molecule has 0 radical (unpaired) electrons. The summed E-state index contributed by atoms with van der Waals surface area (Å²) in [4.78, 5) is 10.1. The molecule has 1 aromatic carbocycles. The molecule has 0 bridgehead atoms. The number of amidine groups is 1. The minimum absolute atomic E-state index is 0.160. The Kier molecular flexibility index (Phi) is 6.19. The summed E-state index contributed by atoms with van der Waals surface area (Å²) in [5, 5.41) is 28.1. The number of rotatable bonds is 5. The average molecular weight is 359 g/mol. The lowest BCUT2D eigenvalue weighted by Crippen LogP contribution is -2.05. The molecule has 106 valence electrons. The predicted octanol–water partition coefficient (Wildman–Crippen LogP) is 2.63. The molecule has 0 fully saturated rings. The first-order valence-electron chi connectivity index (χ1n) is 5.22. The normalized spacial score (nSPS) is 11.8. The Hall–Kier alpha value is -1.87. The van der Waals surface area contributed by atoms with Crippen LogP contribution < -0.4 is 5.73 Å². The van der Waals surface area contributed by atoms with Gasteiger partial charge in [0.2, 0.25) is 0 Å². The number of nitro benzene ring substituents is 1. The highest BCUT2D eigenvalue weighted by Gasteiger charge is 2.13. The van der Waals surface area contributed by atoms with E-state index in [2.05, 4.69) is 32.7 Å². The van der Waals surface area contributed by atoms with Gasteiger partial charge in [-0.2, -0.15) is 5.10 Å². The number of phenolic OH excluding ortho intramolecular Hbond substituents is 1. The van der Waals surface area contributed by atoms with E-state index in [4.69, 9.17) is 5.73 Å². The number of hydrogen-bond donors (Lipinski definition) is 2. The lowest BCUT2D eigenvalue weighted by Gasteiger charge is -2.01. The standard InChI is InChI=1S/C11H11BrN4O3S/c1-2-3-20-11(13)15-14-6-7-4-8(16(18)19)5-9(12)10(7)17/h2,4-6,17H,1,3H2,(H2,13,15)/b14-6+. The Morgan fingerprint density at radius 2 is 2.35 bits per heavy atom. The Bertz CT molecular complexity index is 589. The quantitative estimate of drug-likeness (QED) is 0.276. The van der Waals surface area contributed by atoms with E-state index in [0.717, 1.165) is 0 Å². The van der Waals surface area contributed by atoms with Crippen molar-refractivity contribution in [3.8, 4) is 5.75 Å². The highest BCUT2D eigenvalue weighted by atomic mass is 79.9. The van der Waals surface area contributed by atoms with E-state index < -0.39 is 4.92 Å². The van der Waals surface area contributed by atoms with Crippen LogP contribution in [0.25, 0.3) is 0 Å². The van der Waals surface area contributed by atoms with Gasteiger partial charge in [0.1, 0.15) is 5.75 Å². The monoisotopic (exact) mass is 358 g/mol. The van der Waals surface area contributed by atoms with Crippen LogP contribution in [0.4, 0.5) is 5.69 Å². The molecule has 0 saturated heterocycles. The number of thioether (sulfide) groups is 1. The van der Waals surface area contributed by atoms with Gasteiger partial charge in [0.25, 0.3) is 5.69 Å². The molecule has 0 aromatic heterocycles.